The standard InChI is InChI=1S/C12H24N2OS/c1-4-15-10-6-8-13-11(16)14-9-5-7-12(14,2)3/h4-10H2,1-3H3,(H,13,16). The molecule has 0 amide bonds. The van der Waals surface area contributed by atoms with Crippen molar-refractivity contribution in [3.8, 4) is 0 Å². The van der Waals surface area contributed by atoms with E-state index in [1.165, 1.54) is 12.8 Å². The van der Waals surface area contributed by atoms with Gasteiger partial charge in [0.1, 0.15) is 0 Å². The van der Waals surface area contributed by atoms with Crippen molar-refractivity contribution in [2.45, 2.75) is 45.6 Å². The zero-order chi connectivity index (χ0) is 12.0. The fraction of sp³-hybridized carbons (Fsp3) is 0.917. The number of hydrogen-bond acceptors (Lipinski definition) is 2. The van der Waals surface area contributed by atoms with Gasteiger partial charge in [-0.25, -0.2) is 0 Å². The van der Waals surface area contributed by atoms with Gasteiger partial charge in [0.25, 0.3) is 0 Å². The average molecular weight is 244 g/mol. The maximum atomic E-state index is 5.41. The number of likely N-dealkylation sites (tertiary alicyclic amines) is 1. The van der Waals surface area contributed by atoms with E-state index < -0.39 is 0 Å². The second-order valence-electron chi connectivity index (χ2n) is 4.85. The molecule has 0 aromatic heterocycles. The van der Waals surface area contributed by atoms with E-state index in [0.29, 0.717) is 0 Å². The number of nitrogens with one attached hydrogen (secondary N) is 1. The Balaban J connectivity index is 2.20. The Morgan fingerprint density at radius 2 is 2.25 bits per heavy atom. The van der Waals surface area contributed by atoms with E-state index in [9.17, 15) is 0 Å². The van der Waals surface area contributed by atoms with Crippen LogP contribution in [0.1, 0.15) is 40.0 Å². The van der Waals surface area contributed by atoms with E-state index in [0.717, 1.165) is 37.8 Å². The third kappa shape index (κ3) is 3.91. The van der Waals surface area contributed by atoms with Gasteiger partial charge in [0.05, 0.1) is 0 Å². The molecule has 1 aliphatic rings. The Bertz CT molecular complexity index is 231. The van der Waals surface area contributed by atoms with Crippen molar-refractivity contribution in [3.63, 3.8) is 0 Å². The van der Waals surface area contributed by atoms with Crippen LogP contribution < -0.4 is 5.32 Å². The molecule has 0 unspecified atom stereocenters. The molecular weight excluding hydrogens is 220 g/mol. The molecular formula is C12H24N2OS. The van der Waals surface area contributed by atoms with E-state index in [1.54, 1.807) is 0 Å². The predicted molar refractivity (Wildman–Crippen MR) is 71.7 cm³/mol. The Hall–Kier alpha value is -0.350. The molecule has 0 aliphatic carbocycles. The third-order valence-electron chi connectivity index (χ3n) is 3.09. The largest absolute Gasteiger partial charge is 0.382 e. The summed E-state index contributed by atoms with van der Waals surface area (Å²) in [5.41, 5.74) is 0.226. The molecule has 4 heteroatoms. The average Bonchev–Trinajstić information content (AvgIpc) is 2.57. The van der Waals surface area contributed by atoms with Gasteiger partial charge in [-0.05, 0) is 52.3 Å². The molecule has 1 rings (SSSR count). The topological polar surface area (TPSA) is 24.5 Å². The molecule has 16 heavy (non-hydrogen) atoms. The van der Waals surface area contributed by atoms with Crippen LogP contribution in [0.15, 0.2) is 0 Å². The van der Waals surface area contributed by atoms with Gasteiger partial charge in [0.15, 0.2) is 5.11 Å². The summed E-state index contributed by atoms with van der Waals surface area (Å²) >= 11 is 5.41. The monoisotopic (exact) mass is 244 g/mol. The lowest BCUT2D eigenvalue weighted by molar-refractivity contribution is 0.145. The van der Waals surface area contributed by atoms with Gasteiger partial charge < -0.3 is 15.0 Å². The van der Waals surface area contributed by atoms with Gasteiger partial charge in [0, 0.05) is 31.8 Å². The summed E-state index contributed by atoms with van der Waals surface area (Å²) in [6.45, 7) is 10.1. The minimum atomic E-state index is 0.226. The van der Waals surface area contributed by atoms with Crippen LogP contribution in [0.25, 0.3) is 0 Å². The van der Waals surface area contributed by atoms with Crippen molar-refractivity contribution in [2.75, 3.05) is 26.3 Å². The van der Waals surface area contributed by atoms with Gasteiger partial charge in [-0.15, -0.1) is 0 Å². The Morgan fingerprint density at radius 3 is 2.81 bits per heavy atom. The molecule has 0 aromatic carbocycles. The van der Waals surface area contributed by atoms with Crippen molar-refractivity contribution in [3.05, 3.63) is 0 Å². The Labute approximate surface area is 105 Å². The fourth-order valence-electron chi connectivity index (χ4n) is 2.09. The van der Waals surface area contributed by atoms with Crippen LogP contribution in [0.3, 0.4) is 0 Å². The molecule has 1 heterocycles. The molecule has 0 atom stereocenters. The number of hydrogen-bond donors (Lipinski definition) is 1. The zero-order valence-electron chi connectivity index (χ0n) is 10.7. The summed E-state index contributed by atoms with van der Waals surface area (Å²) < 4.78 is 5.28. The molecule has 0 spiro atoms. The molecule has 0 radical (unpaired) electrons. The summed E-state index contributed by atoms with van der Waals surface area (Å²) in [6, 6.07) is 0. The fourth-order valence-corrected chi connectivity index (χ4v) is 2.53. The Kier molecular flexibility index (Phi) is 5.49. The summed E-state index contributed by atoms with van der Waals surface area (Å²) in [5, 5.41) is 4.22. The van der Waals surface area contributed by atoms with E-state index in [2.05, 4.69) is 24.1 Å². The van der Waals surface area contributed by atoms with Crippen molar-refractivity contribution >= 4 is 17.3 Å². The molecule has 94 valence electrons. The number of ether oxygens (including phenoxy) is 1. The van der Waals surface area contributed by atoms with Crippen LogP contribution >= 0.6 is 12.2 Å². The summed E-state index contributed by atoms with van der Waals surface area (Å²) in [7, 11) is 0. The lowest BCUT2D eigenvalue weighted by atomic mass is 10.0. The van der Waals surface area contributed by atoms with E-state index >= 15 is 0 Å². The van der Waals surface area contributed by atoms with E-state index in [1.807, 2.05) is 6.92 Å². The van der Waals surface area contributed by atoms with Crippen LogP contribution in [-0.4, -0.2) is 41.9 Å². The Morgan fingerprint density at radius 1 is 1.50 bits per heavy atom. The first-order valence-electron chi connectivity index (χ1n) is 6.21. The predicted octanol–water partition coefficient (Wildman–Crippen LogP) is 2.16. The molecule has 1 N–H and O–H groups in total. The smallest absolute Gasteiger partial charge is 0.169 e. The van der Waals surface area contributed by atoms with E-state index in [4.69, 9.17) is 17.0 Å². The lowest BCUT2D eigenvalue weighted by Crippen LogP contribution is -2.48. The molecule has 3 nitrogen and oxygen atoms in total. The maximum absolute atomic E-state index is 5.41. The quantitative estimate of drug-likeness (QED) is 0.592. The number of nitrogens with zero attached hydrogens (tertiary/aromatic N) is 1. The van der Waals surface area contributed by atoms with Crippen LogP contribution in [0.5, 0.6) is 0 Å². The molecule has 1 fully saturated rings. The normalized spacial score (nSPS) is 18.8. The highest BCUT2D eigenvalue weighted by Gasteiger charge is 2.33. The third-order valence-corrected chi connectivity index (χ3v) is 3.46. The van der Waals surface area contributed by atoms with E-state index in [-0.39, 0.29) is 5.54 Å². The highest BCUT2D eigenvalue weighted by atomic mass is 32.1. The molecule has 1 aliphatic heterocycles. The van der Waals surface area contributed by atoms with Gasteiger partial charge in [-0.3, -0.25) is 0 Å². The van der Waals surface area contributed by atoms with Gasteiger partial charge in [-0.2, -0.15) is 0 Å². The minimum absolute atomic E-state index is 0.226. The first-order chi connectivity index (χ1) is 7.58. The van der Waals surface area contributed by atoms with Crippen LogP contribution in [0, 0.1) is 0 Å². The van der Waals surface area contributed by atoms with Crippen LogP contribution in [-0.2, 0) is 4.74 Å². The van der Waals surface area contributed by atoms with Crippen molar-refractivity contribution in [2.24, 2.45) is 0 Å². The highest BCUT2D eigenvalue weighted by molar-refractivity contribution is 7.80. The second kappa shape index (κ2) is 6.40. The molecule has 1 saturated heterocycles. The number of thiocarbonyl (C=S) groups is 1. The second-order valence-corrected chi connectivity index (χ2v) is 5.24. The molecule has 0 aromatic rings. The summed E-state index contributed by atoms with van der Waals surface area (Å²) in [6.07, 6.45) is 3.49. The van der Waals surface area contributed by atoms with Crippen LogP contribution in [0.2, 0.25) is 0 Å². The van der Waals surface area contributed by atoms with Crippen molar-refractivity contribution in [1.29, 1.82) is 0 Å². The highest BCUT2D eigenvalue weighted by Crippen LogP contribution is 2.27. The van der Waals surface area contributed by atoms with Gasteiger partial charge >= 0.3 is 0 Å². The maximum Gasteiger partial charge on any atom is 0.169 e. The summed E-state index contributed by atoms with van der Waals surface area (Å²) in [5.74, 6) is 0. The molecule has 0 bridgehead atoms. The minimum Gasteiger partial charge on any atom is -0.382 e. The number of rotatable bonds is 5. The first-order valence-corrected chi connectivity index (χ1v) is 6.62. The van der Waals surface area contributed by atoms with Gasteiger partial charge in [-0.1, -0.05) is 0 Å². The molecule has 0 saturated carbocycles. The van der Waals surface area contributed by atoms with Gasteiger partial charge in [0.2, 0.25) is 0 Å². The summed E-state index contributed by atoms with van der Waals surface area (Å²) in [4.78, 5) is 2.31. The van der Waals surface area contributed by atoms with Crippen LogP contribution in [0.4, 0.5) is 0 Å². The van der Waals surface area contributed by atoms with Crippen molar-refractivity contribution < 1.29 is 4.74 Å². The zero-order valence-corrected chi connectivity index (χ0v) is 11.5. The SMILES string of the molecule is CCOCCCNC(=S)N1CCCC1(C)C. The van der Waals surface area contributed by atoms with Crippen molar-refractivity contribution in [1.82, 2.24) is 10.2 Å². The first kappa shape index (κ1) is 13.7. The lowest BCUT2D eigenvalue weighted by Gasteiger charge is -2.34.